The number of phenols is 1. The molecular formula is C28H30FN5O2. The van der Waals surface area contributed by atoms with Crippen LogP contribution in [0, 0.1) is 17.7 Å². The molecule has 0 spiro atoms. The molecule has 1 saturated carbocycles. The highest BCUT2D eigenvalue weighted by Gasteiger charge is 2.34. The van der Waals surface area contributed by atoms with Crippen LogP contribution in [0.1, 0.15) is 19.3 Å². The van der Waals surface area contributed by atoms with Gasteiger partial charge in [0, 0.05) is 31.4 Å². The topological polar surface area (TPSA) is 74.6 Å². The summed E-state index contributed by atoms with van der Waals surface area (Å²) in [6.07, 6.45) is 5.39. The van der Waals surface area contributed by atoms with Crippen LogP contribution in [0.4, 0.5) is 10.2 Å². The van der Waals surface area contributed by atoms with Crippen molar-refractivity contribution in [1.82, 2.24) is 19.9 Å². The Morgan fingerprint density at radius 1 is 1.08 bits per heavy atom. The van der Waals surface area contributed by atoms with Gasteiger partial charge in [0.1, 0.15) is 29.4 Å². The number of anilines is 1. The second kappa shape index (κ2) is 9.17. The minimum Gasteiger partial charge on any atom is -0.508 e. The first-order chi connectivity index (χ1) is 17.5. The fourth-order valence-corrected chi connectivity index (χ4v) is 5.71. The molecule has 1 N–H and O–H groups in total. The summed E-state index contributed by atoms with van der Waals surface area (Å²) in [5.74, 6) is 1.50. The summed E-state index contributed by atoms with van der Waals surface area (Å²) in [5, 5.41) is 12.5. The summed E-state index contributed by atoms with van der Waals surface area (Å²) in [4.78, 5) is 18.1. The Hall–Kier alpha value is -3.52. The standard InChI is InChI=1S/C28H30FN5O2/c1-33(2)9-10-36-28-31-26-23(27(32-28)34-15-17-7-8-18(11-17)16-34)14-30-25(24(26)29)22-13-20(35)12-19-5-3-4-6-21(19)22/h3-6,12-14,17-18,35H,7-11,15-16H2,1-2H3. The van der Waals surface area contributed by atoms with Gasteiger partial charge in [0.15, 0.2) is 5.82 Å². The van der Waals surface area contributed by atoms with Gasteiger partial charge in [-0.25, -0.2) is 4.39 Å². The van der Waals surface area contributed by atoms with Crippen LogP contribution in [0.2, 0.25) is 0 Å². The first-order valence-corrected chi connectivity index (χ1v) is 12.6. The van der Waals surface area contributed by atoms with Crippen molar-refractivity contribution in [2.24, 2.45) is 11.8 Å². The van der Waals surface area contributed by atoms with Crippen molar-refractivity contribution in [2.45, 2.75) is 19.3 Å². The van der Waals surface area contributed by atoms with Crippen LogP contribution in [0.5, 0.6) is 11.8 Å². The van der Waals surface area contributed by atoms with E-state index in [1.165, 1.54) is 19.3 Å². The van der Waals surface area contributed by atoms with Gasteiger partial charge in [-0.15, -0.1) is 0 Å². The van der Waals surface area contributed by atoms with E-state index in [0.29, 0.717) is 41.8 Å². The number of halogens is 1. The molecular weight excluding hydrogens is 457 g/mol. The number of phenolic OH excluding ortho intramolecular Hbond substituents is 1. The molecule has 2 aromatic carbocycles. The highest BCUT2D eigenvalue weighted by molar-refractivity contribution is 5.99. The van der Waals surface area contributed by atoms with E-state index in [1.807, 2.05) is 43.3 Å². The van der Waals surface area contributed by atoms with Gasteiger partial charge in [-0.3, -0.25) is 4.98 Å². The fraction of sp³-hybridized carbons (Fsp3) is 0.393. The summed E-state index contributed by atoms with van der Waals surface area (Å²) >= 11 is 0. The van der Waals surface area contributed by atoms with Gasteiger partial charge in [-0.1, -0.05) is 24.3 Å². The van der Waals surface area contributed by atoms with Crippen molar-refractivity contribution in [2.75, 3.05) is 45.2 Å². The molecule has 1 saturated heterocycles. The number of aromatic hydroxyl groups is 1. The number of rotatable bonds is 6. The number of hydrogen-bond acceptors (Lipinski definition) is 7. The zero-order chi connectivity index (χ0) is 24.8. The van der Waals surface area contributed by atoms with Crippen molar-refractivity contribution in [1.29, 1.82) is 0 Å². The summed E-state index contributed by atoms with van der Waals surface area (Å²) in [6, 6.07) is 11.0. The lowest BCUT2D eigenvalue weighted by Gasteiger charge is -2.33. The van der Waals surface area contributed by atoms with E-state index in [1.54, 1.807) is 18.3 Å². The van der Waals surface area contributed by atoms with E-state index in [-0.39, 0.29) is 23.0 Å². The molecule has 2 atom stereocenters. The average Bonchev–Trinajstić information content (AvgIpc) is 3.20. The normalized spacial score (nSPS) is 19.5. The van der Waals surface area contributed by atoms with Crippen LogP contribution in [0.3, 0.4) is 0 Å². The van der Waals surface area contributed by atoms with Crippen LogP contribution >= 0.6 is 0 Å². The summed E-state index contributed by atoms with van der Waals surface area (Å²) in [5.41, 5.74) is 0.864. The van der Waals surface area contributed by atoms with Gasteiger partial charge >= 0.3 is 6.01 Å². The van der Waals surface area contributed by atoms with Crippen molar-refractivity contribution < 1.29 is 14.2 Å². The average molecular weight is 488 g/mol. The Balaban J connectivity index is 1.50. The molecule has 8 heteroatoms. The predicted octanol–water partition coefficient (Wildman–Crippen LogP) is 4.87. The van der Waals surface area contributed by atoms with Crippen molar-refractivity contribution in [3.63, 3.8) is 0 Å². The Labute approximate surface area is 209 Å². The third-order valence-electron chi connectivity index (χ3n) is 7.42. The summed E-state index contributed by atoms with van der Waals surface area (Å²) < 4.78 is 22.1. The first kappa shape index (κ1) is 22.9. The van der Waals surface area contributed by atoms with E-state index in [2.05, 4.69) is 14.9 Å². The Morgan fingerprint density at radius 3 is 2.64 bits per heavy atom. The molecule has 2 bridgehead atoms. The maximum Gasteiger partial charge on any atom is 0.319 e. The largest absolute Gasteiger partial charge is 0.508 e. The Kier molecular flexibility index (Phi) is 5.84. The van der Waals surface area contributed by atoms with E-state index in [9.17, 15) is 5.11 Å². The third-order valence-corrected chi connectivity index (χ3v) is 7.42. The molecule has 186 valence electrons. The summed E-state index contributed by atoms with van der Waals surface area (Å²) in [7, 11) is 3.94. The van der Waals surface area contributed by atoms with E-state index < -0.39 is 5.82 Å². The molecule has 2 unspecified atom stereocenters. The van der Waals surface area contributed by atoms with Crippen LogP contribution in [0.15, 0.2) is 42.6 Å². The second-order valence-electron chi connectivity index (χ2n) is 10.3. The van der Waals surface area contributed by atoms with Crippen molar-refractivity contribution in [3.8, 4) is 23.0 Å². The number of pyridine rings is 1. The molecule has 4 aromatic rings. The molecule has 0 radical (unpaired) electrons. The highest BCUT2D eigenvalue weighted by atomic mass is 19.1. The van der Waals surface area contributed by atoms with Crippen LogP contribution in [-0.2, 0) is 0 Å². The lowest BCUT2D eigenvalue weighted by atomic mass is 9.98. The number of nitrogens with zero attached hydrogens (tertiary/aromatic N) is 5. The van der Waals surface area contributed by atoms with E-state index in [4.69, 9.17) is 9.72 Å². The molecule has 3 heterocycles. The fourth-order valence-electron chi connectivity index (χ4n) is 5.71. The quantitative estimate of drug-likeness (QED) is 0.416. The third kappa shape index (κ3) is 4.19. The maximum atomic E-state index is 16.2. The number of hydrogen-bond donors (Lipinski definition) is 1. The number of fused-ring (bicyclic) bond motifs is 4. The van der Waals surface area contributed by atoms with Crippen LogP contribution < -0.4 is 9.64 Å². The van der Waals surface area contributed by atoms with E-state index in [0.717, 1.165) is 23.9 Å². The number of ether oxygens (including phenoxy) is 1. The number of likely N-dealkylation sites (N-methyl/N-ethyl adjacent to an activating group) is 1. The maximum absolute atomic E-state index is 16.2. The second-order valence-corrected chi connectivity index (χ2v) is 10.3. The Morgan fingerprint density at radius 2 is 1.86 bits per heavy atom. The van der Waals surface area contributed by atoms with Crippen molar-refractivity contribution in [3.05, 3.63) is 48.4 Å². The lowest BCUT2D eigenvalue weighted by Crippen LogP contribution is -2.37. The molecule has 2 fully saturated rings. The lowest BCUT2D eigenvalue weighted by molar-refractivity contribution is 0.246. The molecule has 2 aromatic heterocycles. The van der Waals surface area contributed by atoms with E-state index >= 15 is 4.39 Å². The smallest absolute Gasteiger partial charge is 0.319 e. The SMILES string of the molecule is CN(C)CCOc1nc(N2CC3CCC(C3)C2)c2cnc(-c3cc(O)cc4ccccc34)c(F)c2n1. The minimum atomic E-state index is -0.538. The number of aromatic nitrogens is 3. The van der Waals surface area contributed by atoms with Gasteiger partial charge < -0.3 is 19.6 Å². The van der Waals surface area contributed by atoms with Gasteiger partial charge in [0.05, 0.1) is 5.39 Å². The predicted molar refractivity (Wildman–Crippen MR) is 139 cm³/mol. The molecule has 7 nitrogen and oxygen atoms in total. The van der Waals surface area contributed by atoms with Gasteiger partial charge in [-0.2, -0.15) is 9.97 Å². The summed E-state index contributed by atoms with van der Waals surface area (Å²) in [6.45, 7) is 2.91. The Bertz CT molecular complexity index is 1430. The molecule has 2 aliphatic rings. The van der Waals surface area contributed by atoms with Crippen LogP contribution in [0.25, 0.3) is 32.9 Å². The van der Waals surface area contributed by atoms with Crippen LogP contribution in [-0.4, -0.2) is 65.3 Å². The highest BCUT2D eigenvalue weighted by Crippen LogP contribution is 2.41. The monoisotopic (exact) mass is 487 g/mol. The molecule has 36 heavy (non-hydrogen) atoms. The van der Waals surface area contributed by atoms with Gasteiger partial charge in [0.2, 0.25) is 0 Å². The first-order valence-electron chi connectivity index (χ1n) is 12.6. The van der Waals surface area contributed by atoms with Gasteiger partial charge in [-0.05, 0) is 68.1 Å². The molecule has 1 aliphatic carbocycles. The molecule has 1 aliphatic heterocycles. The minimum absolute atomic E-state index is 0.0601. The molecule has 0 amide bonds. The molecule has 6 rings (SSSR count). The van der Waals surface area contributed by atoms with Gasteiger partial charge in [0.25, 0.3) is 0 Å². The van der Waals surface area contributed by atoms with Crippen molar-refractivity contribution >= 4 is 27.5 Å². The number of piperidine rings is 1. The zero-order valence-corrected chi connectivity index (χ0v) is 20.6. The zero-order valence-electron chi connectivity index (χ0n) is 20.6. The number of benzene rings is 2.